The number of hydrogen-bond donors (Lipinski definition) is 4. The second-order valence-corrected chi connectivity index (χ2v) is 27.2. The molecule has 0 aliphatic heterocycles. The molecule has 0 bridgehead atoms. The molecule has 0 saturated heterocycles. The van der Waals surface area contributed by atoms with Crippen molar-refractivity contribution in [3.63, 3.8) is 0 Å². The van der Waals surface area contributed by atoms with E-state index in [0.717, 1.165) is 173 Å². The van der Waals surface area contributed by atoms with Crippen LogP contribution in [0.2, 0.25) is 0 Å². The maximum atomic E-state index is 13.0. The molecule has 0 rings (SSSR count). The minimum Gasteiger partial charge on any atom is -0.463 e. The summed E-state index contributed by atoms with van der Waals surface area (Å²) in [6.07, 6.45) is 96.1. The van der Waals surface area contributed by atoms with Crippen LogP contribution in [0, 0.1) is 0 Å². The molecule has 101 heavy (non-hydrogen) atoms. The van der Waals surface area contributed by atoms with Crippen molar-refractivity contribution in [1.29, 1.82) is 0 Å². The van der Waals surface area contributed by atoms with E-state index in [2.05, 4.69) is 215 Å². The van der Waals surface area contributed by atoms with E-state index in [1.54, 1.807) is 0 Å². The number of carbonyl (C=O) groups excluding carboxylic acids is 3. The highest BCUT2D eigenvalue weighted by Crippen LogP contribution is 2.45. The van der Waals surface area contributed by atoms with Gasteiger partial charge in [0.05, 0.1) is 26.4 Å². The molecule has 5 unspecified atom stereocenters. The lowest BCUT2D eigenvalue weighted by molar-refractivity contribution is -0.161. The van der Waals surface area contributed by atoms with Crippen molar-refractivity contribution in [2.45, 2.75) is 270 Å². The molecule has 0 amide bonds. The first-order chi connectivity index (χ1) is 49.2. The normalized spacial score (nSPS) is 15.1. The largest absolute Gasteiger partial charge is 0.472 e. The van der Waals surface area contributed by atoms with Crippen molar-refractivity contribution >= 4 is 33.6 Å². The number of aliphatic hydroxyl groups is 2. The molecule has 0 heterocycles. The van der Waals surface area contributed by atoms with Crippen LogP contribution >= 0.6 is 15.6 Å². The lowest BCUT2D eigenvalue weighted by Crippen LogP contribution is -2.30. The van der Waals surface area contributed by atoms with Crippen LogP contribution in [0.4, 0.5) is 0 Å². The highest BCUT2D eigenvalue weighted by atomic mass is 31.2. The number of aliphatic hydroxyl groups excluding tert-OH is 2. The molecule has 0 saturated carbocycles. The van der Waals surface area contributed by atoms with Gasteiger partial charge in [-0.2, -0.15) is 0 Å². The van der Waals surface area contributed by atoms with Crippen molar-refractivity contribution in [3.05, 3.63) is 194 Å². The Kier molecular flexibility index (Phi) is 70.0. The summed E-state index contributed by atoms with van der Waals surface area (Å²) in [5.74, 6) is -1.69. The second kappa shape index (κ2) is 74.1. The number of phosphoric ester groups is 2. The van der Waals surface area contributed by atoms with Crippen molar-refractivity contribution in [2.24, 2.45) is 0 Å². The van der Waals surface area contributed by atoms with Crippen LogP contribution in [0.5, 0.6) is 0 Å². The first kappa shape index (κ1) is 95.4. The minimum absolute atomic E-state index is 0.0641. The Bertz CT molecular complexity index is 2620. The molecule has 18 heteroatoms. The van der Waals surface area contributed by atoms with Gasteiger partial charge in [0.25, 0.3) is 0 Å². The van der Waals surface area contributed by atoms with Gasteiger partial charge in [-0.05, 0) is 167 Å². The molecular formula is C83H132O16P2. The number of esters is 3. The Hall–Kier alpha value is -5.61. The topological polar surface area (TPSA) is 231 Å². The number of phosphoric acid groups is 2. The molecule has 5 atom stereocenters. The Labute approximate surface area is 610 Å². The zero-order chi connectivity index (χ0) is 73.7. The summed E-state index contributed by atoms with van der Waals surface area (Å²) in [6, 6.07) is 0. The van der Waals surface area contributed by atoms with Crippen molar-refractivity contribution in [1.82, 2.24) is 0 Å². The third-order valence-electron chi connectivity index (χ3n) is 14.8. The van der Waals surface area contributed by atoms with Crippen LogP contribution in [0.15, 0.2) is 194 Å². The number of unbranched alkanes of at least 4 members (excludes halogenated alkanes) is 14. The van der Waals surface area contributed by atoms with Gasteiger partial charge in [-0.3, -0.25) is 32.5 Å². The molecule has 0 aromatic carbocycles. The molecule has 570 valence electrons. The van der Waals surface area contributed by atoms with Gasteiger partial charge >= 0.3 is 33.6 Å². The molecule has 0 radical (unpaired) electrons. The molecule has 0 fully saturated rings. The van der Waals surface area contributed by atoms with Gasteiger partial charge in [-0.1, -0.05) is 260 Å². The summed E-state index contributed by atoms with van der Waals surface area (Å²) < 4.78 is 61.0. The molecule has 0 spiro atoms. The average Bonchev–Trinajstić information content (AvgIpc) is 0.951. The monoisotopic (exact) mass is 1450 g/mol. The third-order valence-corrected chi connectivity index (χ3v) is 16.7. The van der Waals surface area contributed by atoms with Gasteiger partial charge < -0.3 is 34.2 Å². The molecule has 0 aromatic rings. The number of hydrogen-bond acceptors (Lipinski definition) is 14. The Morgan fingerprint density at radius 2 is 0.525 bits per heavy atom. The lowest BCUT2D eigenvalue weighted by atomic mass is 10.1. The second-order valence-electron chi connectivity index (χ2n) is 24.3. The van der Waals surface area contributed by atoms with E-state index in [-0.39, 0.29) is 19.3 Å². The number of carbonyl (C=O) groups is 3. The van der Waals surface area contributed by atoms with Crippen LogP contribution in [0.25, 0.3) is 0 Å². The highest BCUT2D eigenvalue weighted by Gasteiger charge is 2.29. The molecule has 16 nitrogen and oxygen atoms in total. The fraction of sp³-hybridized carbons (Fsp3) is 0.578. The SMILES string of the molecule is CC/C=C\C/C=C\C/C=C\C/C=C\C/C=C\C/C=C\CCCCCCC(=O)OCC(O)COP(=O)(O)OCC(O)COP(=O)(O)OCC(COC(=O)CCCC/C=C\C/C=C\C/C=C\C/C=C\C/C=C\C/C=C\CC)OC(=O)CCCCCCC/C=C\C/C=C\C/C=C\C/C=C\CCCCC. The Morgan fingerprint density at radius 1 is 0.287 bits per heavy atom. The van der Waals surface area contributed by atoms with Gasteiger partial charge in [0.15, 0.2) is 6.10 Å². The van der Waals surface area contributed by atoms with E-state index in [0.29, 0.717) is 19.3 Å². The maximum Gasteiger partial charge on any atom is 0.472 e. The minimum atomic E-state index is -4.96. The molecule has 0 aliphatic carbocycles. The summed E-state index contributed by atoms with van der Waals surface area (Å²) in [5.41, 5.74) is 0. The van der Waals surface area contributed by atoms with Gasteiger partial charge in [-0.15, -0.1) is 0 Å². The van der Waals surface area contributed by atoms with Crippen molar-refractivity contribution in [2.75, 3.05) is 39.6 Å². The number of ether oxygens (including phenoxy) is 3. The third kappa shape index (κ3) is 75.4. The van der Waals surface area contributed by atoms with Gasteiger partial charge in [0.2, 0.25) is 0 Å². The van der Waals surface area contributed by atoms with Gasteiger partial charge in [0.1, 0.15) is 25.4 Å². The summed E-state index contributed by atoms with van der Waals surface area (Å²) in [4.78, 5) is 58.6. The fourth-order valence-electron chi connectivity index (χ4n) is 9.09. The summed E-state index contributed by atoms with van der Waals surface area (Å²) >= 11 is 0. The van der Waals surface area contributed by atoms with Gasteiger partial charge in [-0.25, -0.2) is 9.13 Å². The maximum absolute atomic E-state index is 13.0. The summed E-state index contributed by atoms with van der Waals surface area (Å²) in [6.45, 7) is 2.28. The standard InChI is InChI=1S/C83H132O16P2/c1-4-7-10-13-16-19-22-25-28-31-34-37-38-41-43-45-48-51-54-57-60-63-66-69-81(86)93-72-78(84)73-95-100(89,90)96-74-79(85)75-97-101(91,92)98-77-80(99-83(88)71-68-65-62-59-56-53-50-47-44-40-36-33-30-27-24-21-18-15-12-9-6-3)76-94-82(87)70-67-64-61-58-55-52-49-46-42-39-35-32-29-26-23-20-17-14-11-8-5-2/h7-8,10-11,16-21,25-30,34-37,39-41,43,46-51,55,58,78-80,84-85H,4-6,9,12-15,22-24,31-33,38,42,44-45,52-54,56-57,59-77H2,1-3H3,(H,89,90)(H,91,92)/b10-7-,11-8-,19-16-,20-17-,21-18-,28-25-,29-26-,30-27-,37-34-,39-35-,40-36-,43-41-,49-46-,50-47-,51-48-,58-55-. The van der Waals surface area contributed by atoms with E-state index in [4.69, 9.17) is 32.3 Å². The first-order valence-electron chi connectivity index (χ1n) is 37.7. The van der Waals surface area contributed by atoms with Crippen LogP contribution in [-0.4, -0.2) is 95.9 Å². The van der Waals surface area contributed by atoms with E-state index in [1.807, 2.05) is 0 Å². The number of allylic oxidation sites excluding steroid dienone is 32. The van der Waals surface area contributed by atoms with Gasteiger partial charge in [0, 0.05) is 19.3 Å². The average molecular weight is 1450 g/mol. The Balaban J connectivity index is 4.83. The smallest absolute Gasteiger partial charge is 0.463 e. The molecule has 0 aromatic heterocycles. The zero-order valence-electron chi connectivity index (χ0n) is 62.0. The molecule has 0 aliphatic rings. The van der Waals surface area contributed by atoms with Crippen molar-refractivity contribution < 1.29 is 75.8 Å². The van der Waals surface area contributed by atoms with E-state index in [1.165, 1.54) is 19.3 Å². The summed E-state index contributed by atoms with van der Waals surface area (Å²) in [5, 5.41) is 20.6. The van der Waals surface area contributed by atoms with Crippen LogP contribution < -0.4 is 0 Å². The summed E-state index contributed by atoms with van der Waals surface area (Å²) in [7, 11) is -9.84. The van der Waals surface area contributed by atoms with E-state index >= 15 is 0 Å². The highest BCUT2D eigenvalue weighted by molar-refractivity contribution is 7.47. The van der Waals surface area contributed by atoms with Crippen LogP contribution in [0.1, 0.15) is 252 Å². The zero-order valence-corrected chi connectivity index (χ0v) is 63.8. The lowest BCUT2D eigenvalue weighted by Gasteiger charge is -2.21. The predicted octanol–water partition coefficient (Wildman–Crippen LogP) is 22.0. The van der Waals surface area contributed by atoms with Crippen molar-refractivity contribution in [3.8, 4) is 0 Å². The molecule has 4 N–H and O–H groups in total. The quantitative estimate of drug-likeness (QED) is 0.0146. The fourth-order valence-corrected chi connectivity index (χ4v) is 10.7. The van der Waals surface area contributed by atoms with Crippen LogP contribution in [0.3, 0.4) is 0 Å². The predicted molar refractivity (Wildman–Crippen MR) is 417 cm³/mol. The Morgan fingerprint density at radius 3 is 0.851 bits per heavy atom. The first-order valence-corrected chi connectivity index (χ1v) is 40.7. The molecular weight excluding hydrogens is 1310 g/mol. The van der Waals surface area contributed by atoms with E-state index < -0.39 is 91.5 Å². The van der Waals surface area contributed by atoms with E-state index in [9.17, 15) is 43.5 Å². The van der Waals surface area contributed by atoms with Crippen LogP contribution in [-0.2, 0) is 55.8 Å². The number of rotatable bonds is 69.